The van der Waals surface area contributed by atoms with Gasteiger partial charge in [0.2, 0.25) is 12.7 Å². The fourth-order valence-electron chi connectivity index (χ4n) is 2.60. The van der Waals surface area contributed by atoms with Gasteiger partial charge in [0.1, 0.15) is 0 Å². The summed E-state index contributed by atoms with van der Waals surface area (Å²) in [6.45, 7) is 2.13. The lowest BCUT2D eigenvalue weighted by Crippen LogP contribution is -2.24. The highest BCUT2D eigenvalue weighted by Crippen LogP contribution is 2.32. The van der Waals surface area contributed by atoms with Crippen LogP contribution in [0, 0.1) is 0 Å². The lowest BCUT2D eigenvalue weighted by Gasteiger charge is -2.10. The van der Waals surface area contributed by atoms with Gasteiger partial charge in [-0.25, -0.2) is 4.98 Å². The van der Waals surface area contributed by atoms with Crippen molar-refractivity contribution < 1.29 is 19.1 Å². The third-order valence-corrected chi connectivity index (χ3v) is 6.10. The fraction of sp³-hybridized carbons (Fsp3) is 0.278. The van der Waals surface area contributed by atoms with Gasteiger partial charge in [-0.05, 0) is 25.1 Å². The first-order valence-electron chi connectivity index (χ1n) is 8.94. The van der Waals surface area contributed by atoms with Crippen molar-refractivity contribution in [1.29, 1.82) is 0 Å². The van der Waals surface area contributed by atoms with E-state index in [0.717, 1.165) is 0 Å². The molecule has 10 nitrogen and oxygen atoms in total. The first kappa shape index (κ1) is 20.2. The Morgan fingerprint density at radius 3 is 2.93 bits per heavy atom. The first-order valence-corrected chi connectivity index (χ1v) is 10.7. The molecule has 2 aromatic heterocycles. The molecule has 3 heterocycles. The quantitative estimate of drug-likeness (QED) is 0.529. The standard InChI is InChI=1S/C18H18N6O4S2/c1-10(15(25)21-17-19-5-6-29-17)30-18-23-22-14(24(18)2)8-20-16(26)11-3-4-12-13(7-11)28-9-27-12/h3-7,10H,8-9H2,1-2H3,(H,20,26)(H,19,21,25). The Balaban J connectivity index is 1.33. The molecule has 1 aliphatic rings. The van der Waals surface area contributed by atoms with Gasteiger partial charge < -0.3 is 24.7 Å². The van der Waals surface area contributed by atoms with Crippen LogP contribution >= 0.6 is 23.1 Å². The minimum atomic E-state index is -0.395. The van der Waals surface area contributed by atoms with E-state index in [1.165, 1.54) is 23.1 Å². The minimum Gasteiger partial charge on any atom is -0.454 e. The van der Waals surface area contributed by atoms with Crippen molar-refractivity contribution in [3.8, 4) is 11.5 Å². The number of aromatic nitrogens is 4. The van der Waals surface area contributed by atoms with Gasteiger partial charge in [-0.2, -0.15) is 0 Å². The molecule has 1 aliphatic heterocycles. The number of benzene rings is 1. The highest BCUT2D eigenvalue weighted by atomic mass is 32.2. The number of fused-ring (bicyclic) bond motifs is 1. The van der Waals surface area contributed by atoms with Gasteiger partial charge in [-0.15, -0.1) is 21.5 Å². The van der Waals surface area contributed by atoms with Gasteiger partial charge >= 0.3 is 0 Å². The Bertz CT molecular complexity index is 1070. The normalized spacial score (nSPS) is 13.1. The van der Waals surface area contributed by atoms with E-state index >= 15 is 0 Å². The van der Waals surface area contributed by atoms with Crippen LogP contribution in [-0.4, -0.2) is 43.6 Å². The third kappa shape index (κ3) is 4.39. The molecule has 0 saturated carbocycles. The van der Waals surface area contributed by atoms with Crippen LogP contribution in [-0.2, 0) is 18.4 Å². The van der Waals surface area contributed by atoms with Crippen LogP contribution in [0.3, 0.4) is 0 Å². The monoisotopic (exact) mass is 446 g/mol. The number of anilines is 1. The fourth-order valence-corrected chi connectivity index (χ4v) is 3.97. The van der Waals surface area contributed by atoms with Crippen molar-refractivity contribution in [2.75, 3.05) is 12.1 Å². The summed E-state index contributed by atoms with van der Waals surface area (Å²) in [6, 6.07) is 5.01. The van der Waals surface area contributed by atoms with E-state index in [4.69, 9.17) is 9.47 Å². The van der Waals surface area contributed by atoms with Crippen molar-refractivity contribution in [3.63, 3.8) is 0 Å². The summed E-state index contributed by atoms with van der Waals surface area (Å²) in [5, 5.41) is 16.3. The summed E-state index contributed by atoms with van der Waals surface area (Å²) >= 11 is 2.63. The molecule has 12 heteroatoms. The number of thioether (sulfide) groups is 1. The van der Waals surface area contributed by atoms with Gasteiger partial charge in [0.25, 0.3) is 5.91 Å². The van der Waals surface area contributed by atoms with Gasteiger partial charge in [0.15, 0.2) is 27.6 Å². The van der Waals surface area contributed by atoms with E-state index in [-0.39, 0.29) is 25.2 Å². The van der Waals surface area contributed by atoms with Crippen molar-refractivity contribution in [1.82, 2.24) is 25.1 Å². The molecule has 0 aliphatic carbocycles. The van der Waals surface area contributed by atoms with Gasteiger partial charge in [-0.1, -0.05) is 11.8 Å². The van der Waals surface area contributed by atoms with Crippen molar-refractivity contribution >= 4 is 40.0 Å². The Hall–Kier alpha value is -3.12. The number of hydrogen-bond acceptors (Lipinski definition) is 9. The summed E-state index contributed by atoms with van der Waals surface area (Å²) in [5.41, 5.74) is 0.462. The topological polar surface area (TPSA) is 120 Å². The second-order valence-electron chi connectivity index (χ2n) is 6.30. The van der Waals surface area contributed by atoms with Crippen LogP contribution < -0.4 is 20.1 Å². The molecule has 3 aromatic rings. The third-order valence-electron chi connectivity index (χ3n) is 4.28. The number of carbonyl (C=O) groups excluding carboxylic acids is 2. The van der Waals surface area contributed by atoms with Gasteiger partial charge in [-0.3, -0.25) is 9.59 Å². The molecule has 1 atom stereocenters. The number of thiazole rings is 1. The molecule has 0 saturated heterocycles. The molecule has 0 radical (unpaired) electrons. The number of nitrogens with zero attached hydrogens (tertiary/aromatic N) is 4. The number of carbonyl (C=O) groups is 2. The minimum absolute atomic E-state index is 0.153. The zero-order valence-electron chi connectivity index (χ0n) is 16.1. The molecule has 0 fully saturated rings. The summed E-state index contributed by atoms with van der Waals surface area (Å²) < 4.78 is 12.3. The van der Waals surface area contributed by atoms with Crippen LogP contribution in [0.25, 0.3) is 0 Å². The highest BCUT2D eigenvalue weighted by molar-refractivity contribution is 8.00. The maximum absolute atomic E-state index is 12.4. The molecule has 4 rings (SSSR count). The maximum atomic E-state index is 12.4. The zero-order valence-corrected chi connectivity index (χ0v) is 17.7. The molecular weight excluding hydrogens is 428 g/mol. The number of ether oxygens (including phenoxy) is 2. The second-order valence-corrected chi connectivity index (χ2v) is 8.50. The lowest BCUT2D eigenvalue weighted by molar-refractivity contribution is -0.115. The molecular formula is C18H18N6O4S2. The van der Waals surface area contributed by atoms with Crippen LogP contribution in [0.1, 0.15) is 23.1 Å². The van der Waals surface area contributed by atoms with Crippen molar-refractivity contribution in [2.24, 2.45) is 7.05 Å². The van der Waals surface area contributed by atoms with E-state index in [1.54, 1.807) is 48.3 Å². The van der Waals surface area contributed by atoms with E-state index in [9.17, 15) is 9.59 Å². The molecule has 0 spiro atoms. The number of hydrogen-bond donors (Lipinski definition) is 2. The SMILES string of the molecule is CC(Sc1nnc(CNC(=O)c2ccc3c(c2)OCO3)n1C)C(=O)Nc1nccs1. The Labute approximate surface area is 180 Å². The lowest BCUT2D eigenvalue weighted by atomic mass is 10.2. The predicted octanol–water partition coefficient (Wildman–Crippen LogP) is 2.05. The van der Waals surface area contributed by atoms with Crippen LogP contribution in [0.2, 0.25) is 0 Å². The Morgan fingerprint density at radius 2 is 2.13 bits per heavy atom. The average Bonchev–Trinajstić information content (AvgIpc) is 3.48. The molecule has 2 N–H and O–H groups in total. The summed E-state index contributed by atoms with van der Waals surface area (Å²) in [6.07, 6.45) is 1.63. The second kappa shape index (κ2) is 8.71. The molecule has 30 heavy (non-hydrogen) atoms. The maximum Gasteiger partial charge on any atom is 0.251 e. The molecule has 156 valence electrons. The van der Waals surface area contributed by atoms with Crippen LogP contribution in [0.5, 0.6) is 11.5 Å². The highest BCUT2D eigenvalue weighted by Gasteiger charge is 2.20. The number of nitrogens with one attached hydrogen (secondary N) is 2. The Kier molecular flexibility index (Phi) is 5.86. The smallest absolute Gasteiger partial charge is 0.251 e. The predicted molar refractivity (Wildman–Crippen MR) is 111 cm³/mol. The first-order chi connectivity index (χ1) is 14.5. The van der Waals surface area contributed by atoms with Crippen LogP contribution in [0.4, 0.5) is 5.13 Å². The number of amides is 2. The van der Waals surface area contributed by atoms with E-state index < -0.39 is 5.25 Å². The largest absolute Gasteiger partial charge is 0.454 e. The summed E-state index contributed by atoms with van der Waals surface area (Å²) in [4.78, 5) is 28.8. The van der Waals surface area contributed by atoms with Gasteiger partial charge in [0.05, 0.1) is 11.8 Å². The van der Waals surface area contributed by atoms with Crippen molar-refractivity contribution in [3.05, 3.63) is 41.2 Å². The zero-order chi connectivity index (χ0) is 21.1. The van der Waals surface area contributed by atoms with Crippen LogP contribution in [0.15, 0.2) is 34.9 Å². The molecule has 2 amide bonds. The Morgan fingerprint density at radius 1 is 1.30 bits per heavy atom. The molecule has 1 unspecified atom stereocenters. The summed E-state index contributed by atoms with van der Waals surface area (Å²) in [5.74, 6) is 1.30. The van der Waals surface area contributed by atoms with Crippen molar-refractivity contribution in [2.45, 2.75) is 23.9 Å². The van der Waals surface area contributed by atoms with E-state index in [1.807, 2.05) is 0 Å². The molecule has 1 aromatic carbocycles. The van der Waals surface area contributed by atoms with Gasteiger partial charge in [0, 0.05) is 24.2 Å². The number of rotatable bonds is 7. The average molecular weight is 447 g/mol. The van der Waals surface area contributed by atoms with E-state index in [0.29, 0.717) is 33.2 Å². The van der Waals surface area contributed by atoms with E-state index in [2.05, 4.69) is 25.8 Å². The summed E-state index contributed by atoms with van der Waals surface area (Å²) in [7, 11) is 1.79. The molecule has 0 bridgehead atoms.